The van der Waals surface area contributed by atoms with Crippen molar-refractivity contribution in [3.63, 3.8) is 0 Å². The molecule has 1 saturated heterocycles. The average Bonchev–Trinajstić information content (AvgIpc) is 2.48. The standard InChI is InChI=1S/C16H26N4O/c1-13(2)20-11-9-19(10-12-20)8-7-16(21)18-15-5-3-14(17)4-6-15/h3-6,13H,7-12,17H2,1-2H3,(H,18,21). The molecule has 1 amide bonds. The minimum Gasteiger partial charge on any atom is -0.399 e. The highest BCUT2D eigenvalue weighted by molar-refractivity contribution is 5.90. The first-order valence-electron chi connectivity index (χ1n) is 7.66. The molecule has 5 nitrogen and oxygen atoms in total. The van der Waals surface area contributed by atoms with Gasteiger partial charge < -0.3 is 16.0 Å². The Morgan fingerprint density at radius 3 is 2.38 bits per heavy atom. The molecule has 21 heavy (non-hydrogen) atoms. The molecule has 1 aromatic rings. The topological polar surface area (TPSA) is 61.6 Å². The van der Waals surface area contributed by atoms with Crippen LogP contribution in [-0.2, 0) is 4.79 Å². The van der Waals surface area contributed by atoms with Gasteiger partial charge in [-0.1, -0.05) is 0 Å². The number of nitrogen functional groups attached to an aromatic ring is 1. The van der Waals surface area contributed by atoms with Crippen molar-refractivity contribution in [3.05, 3.63) is 24.3 Å². The quantitative estimate of drug-likeness (QED) is 0.809. The second-order valence-corrected chi connectivity index (χ2v) is 5.89. The van der Waals surface area contributed by atoms with Gasteiger partial charge in [0.2, 0.25) is 5.91 Å². The Kier molecular flexibility index (Phi) is 5.59. The molecule has 0 aromatic heterocycles. The smallest absolute Gasteiger partial charge is 0.225 e. The molecule has 1 heterocycles. The molecule has 0 spiro atoms. The summed E-state index contributed by atoms with van der Waals surface area (Å²) in [5.74, 6) is 0.0612. The number of carbonyl (C=O) groups is 1. The van der Waals surface area contributed by atoms with Crippen molar-refractivity contribution in [1.82, 2.24) is 9.80 Å². The molecule has 1 aromatic carbocycles. The Hall–Kier alpha value is -1.59. The van der Waals surface area contributed by atoms with E-state index in [0.717, 1.165) is 38.4 Å². The van der Waals surface area contributed by atoms with Crippen molar-refractivity contribution >= 4 is 17.3 Å². The zero-order valence-electron chi connectivity index (χ0n) is 13.0. The molecule has 0 unspecified atom stereocenters. The summed E-state index contributed by atoms with van der Waals surface area (Å²) in [5, 5.41) is 2.90. The van der Waals surface area contributed by atoms with Crippen LogP contribution >= 0.6 is 0 Å². The van der Waals surface area contributed by atoms with E-state index >= 15 is 0 Å². The first-order chi connectivity index (χ1) is 10.0. The summed E-state index contributed by atoms with van der Waals surface area (Å²) >= 11 is 0. The zero-order valence-corrected chi connectivity index (χ0v) is 13.0. The van der Waals surface area contributed by atoms with E-state index in [2.05, 4.69) is 29.0 Å². The molecule has 0 bridgehead atoms. The number of amides is 1. The summed E-state index contributed by atoms with van der Waals surface area (Å²) in [4.78, 5) is 16.8. The predicted octanol–water partition coefficient (Wildman–Crippen LogP) is 1.62. The third-order valence-corrected chi connectivity index (χ3v) is 3.99. The number of anilines is 2. The number of hydrogen-bond donors (Lipinski definition) is 2. The summed E-state index contributed by atoms with van der Waals surface area (Å²) in [5.41, 5.74) is 7.13. The Morgan fingerprint density at radius 1 is 1.19 bits per heavy atom. The Balaban J connectivity index is 1.69. The molecule has 0 atom stereocenters. The molecule has 5 heteroatoms. The number of rotatable bonds is 5. The number of nitrogens with zero attached hydrogens (tertiary/aromatic N) is 2. The molecule has 0 aliphatic carbocycles. The van der Waals surface area contributed by atoms with Crippen LogP contribution in [0.15, 0.2) is 24.3 Å². The van der Waals surface area contributed by atoms with Gasteiger partial charge in [0.15, 0.2) is 0 Å². The van der Waals surface area contributed by atoms with E-state index in [4.69, 9.17) is 5.73 Å². The van der Waals surface area contributed by atoms with Crippen molar-refractivity contribution in [3.8, 4) is 0 Å². The predicted molar refractivity (Wildman–Crippen MR) is 87.3 cm³/mol. The maximum atomic E-state index is 11.9. The van der Waals surface area contributed by atoms with Crippen LogP contribution in [0.5, 0.6) is 0 Å². The lowest BCUT2D eigenvalue weighted by Gasteiger charge is -2.36. The lowest BCUT2D eigenvalue weighted by molar-refractivity contribution is -0.116. The fourth-order valence-electron chi connectivity index (χ4n) is 2.55. The normalized spacial score (nSPS) is 17.1. The SMILES string of the molecule is CC(C)N1CCN(CCC(=O)Nc2ccc(N)cc2)CC1. The first-order valence-corrected chi connectivity index (χ1v) is 7.66. The average molecular weight is 290 g/mol. The fraction of sp³-hybridized carbons (Fsp3) is 0.562. The number of nitrogens with one attached hydrogen (secondary N) is 1. The summed E-state index contributed by atoms with van der Waals surface area (Å²) in [6, 6.07) is 7.85. The second-order valence-electron chi connectivity index (χ2n) is 5.89. The summed E-state index contributed by atoms with van der Waals surface area (Å²) < 4.78 is 0. The van der Waals surface area contributed by atoms with Crippen LogP contribution in [0.2, 0.25) is 0 Å². The van der Waals surface area contributed by atoms with Gasteiger partial charge in [-0.05, 0) is 38.1 Å². The highest BCUT2D eigenvalue weighted by Gasteiger charge is 2.18. The minimum absolute atomic E-state index is 0.0612. The number of benzene rings is 1. The summed E-state index contributed by atoms with van der Waals surface area (Å²) in [6.07, 6.45) is 0.534. The van der Waals surface area contributed by atoms with Crippen LogP contribution in [0.1, 0.15) is 20.3 Å². The third-order valence-electron chi connectivity index (χ3n) is 3.99. The molecule has 1 fully saturated rings. The molecule has 116 valence electrons. The van der Waals surface area contributed by atoms with E-state index in [1.54, 1.807) is 12.1 Å². The Labute approximate surface area is 127 Å². The van der Waals surface area contributed by atoms with Gasteiger partial charge in [-0.15, -0.1) is 0 Å². The van der Waals surface area contributed by atoms with Crippen molar-refractivity contribution in [2.75, 3.05) is 43.8 Å². The van der Waals surface area contributed by atoms with Gasteiger partial charge in [-0.3, -0.25) is 9.69 Å². The van der Waals surface area contributed by atoms with Crippen molar-refractivity contribution < 1.29 is 4.79 Å². The van der Waals surface area contributed by atoms with E-state index < -0.39 is 0 Å². The van der Waals surface area contributed by atoms with E-state index in [0.29, 0.717) is 18.2 Å². The molecule has 1 aliphatic heterocycles. The summed E-state index contributed by atoms with van der Waals surface area (Å²) in [7, 11) is 0. The largest absolute Gasteiger partial charge is 0.399 e. The molecule has 0 saturated carbocycles. The van der Waals surface area contributed by atoms with Gasteiger partial charge in [0.05, 0.1) is 0 Å². The van der Waals surface area contributed by atoms with E-state index in [9.17, 15) is 4.79 Å². The molecule has 0 radical (unpaired) electrons. The van der Waals surface area contributed by atoms with Gasteiger partial charge in [0, 0.05) is 56.6 Å². The van der Waals surface area contributed by atoms with Crippen molar-refractivity contribution in [1.29, 1.82) is 0 Å². The monoisotopic (exact) mass is 290 g/mol. The Bertz CT molecular complexity index is 450. The molecule has 2 rings (SSSR count). The van der Waals surface area contributed by atoms with Crippen LogP contribution < -0.4 is 11.1 Å². The van der Waals surface area contributed by atoms with Gasteiger partial charge in [-0.25, -0.2) is 0 Å². The van der Waals surface area contributed by atoms with Gasteiger partial charge in [0.25, 0.3) is 0 Å². The zero-order chi connectivity index (χ0) is 15.2. The number of carbonyl (C=O) groups excluding carboxylic acids is 1. The molecular formula is C16H26N4O. The third kappa shape index (κ3) is 5.02. The van der Waals surface area contributed by atoms with E-state index in [1.807, 2.05) is 12.1 Å². The van der Waals surface area contributed by atoms with Crippen LogP contribution in [0.25, 0.3) is 0 Å². The number of hydrogen-bond acceptors (Lipinski definition) is 4. The molecule has 1 aliphatic rings. The van der Waals surface area contributed by atoms with Gasteiger partial charge in [0.1, 0.15) is 0 Å². The van der Waals surface area contributed by atoms with Crippen molar-refractivity contribution in [2.24, 2.45) is 0 Å². The Morgan fingerprint density at radius 2 is 1.81 bits per heavy atom. The fourth-order valence-corrected chi connectivity index (χ4v) is 2.55. The maximum absolute atomic E-state index is 11.9. The van der Waals surface area contributed by atoms with Gasteiger partial charge >= 0.3 is 0 Å². The number of nitrogens with two attached hydrogens (primary N) is 1. The molecular weight excluding hydrogens is 264 g/mol. The van der Waals surface area contributed by atoms with Crippen LogP contribution in [0, 0.1) is 0 Å². The first kappa shape index (κ1) is 15.8. The maximum Gasteiger partial charge on any atom is 0.225 e. The highest BCUT2D eigenvalue weighted by atomic mass is 16.1. The van der Waals surface area contributed by atoms with Crippen LogP contribution in [-0.4, -0.2) is 54.5 Å². The number of piperazine rings is 1. The lowest BCUT2D eigenvalue weighted by atomic mass is 10.2. The summed E-state index contributed by atoms with van der Waals surface area (Å²) in [6.45, 7) is 9.58. The van der Waals surface area contributed by atoms with Gasteiger partial charge in [-0.2, -0.15) is 0 Å². The molecule has 3 N–H and O–H groups in total. The van der Waals surface area contributed by atoms with Crippen molar-refractivity contribution in [2.45, 2.75) is 26.3 Å². The lowest BCUT2D eigenvalue weighted by Crippen LogP contribution is -2.49. The second kappa shape index (κ2) is 7.43. The van der Waals surface area contributed by atoms with Crippen LogP contribution in [0.3, 0.4) is 0 Å². The highest BCUT2D eigenvalue weighted by Crippen LogP contribution is 2.11. The minimum atomic E-state index is 0.0612. The van der Waals surface area contributed by atoms with E-state index in [1.165, 1.54) is 0 Å². The van der Waals surface area contributed by atoms with Crippen LogP contribution in [0.4, 0.5) is 11.4 Å². The van der Waals surface area contributed by atoms with E-state index in [-0.39, 0.29) is 5.91 Å².